The minimum atomic E-state index is -0.384. The van der Waals surface area contributed by atoms with E-state index in [1.54, 1.807) is 0 Å². The van der Waals surface area contributed by atoms with Crippen LogP contribution in [0.4, 0.5) is 0 Å². The van der Waals surface area contributed by atoms with Crippen LogP contribution in [0.25, 0.3) is 0 Å². The molecular formula is C15H29N3O. The summed E-state index contributed by atoms with van der Waals surface area (Å²) in [4.78, 5) is 17.0. The molecule has 0 spiro atoms. The Labute approximate surface area is 117 Å². The third kappa shape index (κ3) is 3.11. The van der Waals surface area contributed by atoms with E-state index in [1.807, 2.05) is 25.7 Å². The summed E-state index contributed by atoms with van der Waals surface area (Å²) in [5.41, 5.74) is 5.96. The van der Waals surface area contributed by atoms with Gasteiger partial charge in [0, 0.05) is 19.1 Å². The number of likely N-dealkylation sites (tertiary alicyclic amines) is 2. The molecule has 3 atom stereocenters. The fourth-order valence-corrected chi connectivity index (χ4v) is 3.42. The highest BCUT2D eigenvalue weighted by Gasteiger charge is 2.38. The Balaban J connectivity index is 1.99. The molecule has 0 radical (unpaired) electrons. The van der Waals surface area contributed by atoms with Gasteiger partial charge in [0.15, 0.2) is 0 Å². The maximum atomic E-state index is 12.5. The SMILES string of the molecule is CN1CCCC2CN(C(=O)C(N)C(C)(C)C)CCC21. The lowest BCUT2D eigenvalue weighted by molar-refractivity contribution is -0.138. The van der Waals surface area contributed by atoms with Gasteiger partial charge in [-0.15, -0.1) is 0 Å². The first-order valence-corrected chi connectivity index (χ1v) is 7.55. The zero-order chi connectivity index (χ0) is 14.2. The van der Waals surface area contributed by atoms with E-state index in [-0.39, 0.29) is 17.4 Å². The Morgan fingerprint density at radius 1 is 1.26 bits per heavy atom. The standard InChI is InChI=1S/C15H29N3O/c1-15(2,3)13(16)14(19)18-9-7-12-11(10-18)6-5-8-17(12)4/h11-13H,5-10,16H2,1-4H3. The molecule has 0 aromatic rings. The Morgan fingerprint density at radius 3 is 2.58 bits per heavy atom. The quantitative estimate of drug-likeness (QED) is 0.779. The fraction of sp³-hybridized carbons (Fsp3) is 0.933. The van der Waals surface area contributed by atoms with Crippen LogP contribution in [-0.2, 0) is 4.79 Å². The van der Waals surface area contributed by atoms with Crippen molar-refractivity contribution in [1.82, 2.24) is 9.80 Å². The molecule has 2 fully saturated rings. The van der Waals surface area contributed by atoms with Gasteiger partial charge in [-0.3, -0.25) is 4.79 Å². The lowest BCUT2D eigenvalue weighted by atomic mass is 9.82. The maximum absolute atomic E-state index is 12.5. The number of amides is 1. The van der Waals surface area contributed by atoms with Crippen LogP contribution in [-0.4, -0.2) is 54.5 Å². The normalized spacial score (nSPS) is 30.9. The average molecular weight is 267 g/mol. The van der Waals surface area contributed by atoms with E-state index in [1.165, 1.54) is 19.4 Å². The third-order valence-electron chi connectivity index (χ3n) is 4.86. The Bertz CT molecular complexity index is 337. The van der Waals surface area contributed by atoms with Gasteiger partial charge in [-0.05, 0) is 44.2 Å². The molecular weight excluding hydrogens is 238 g/mol. The minimum absolute atomic E-state index is 0.138. The van der Waals surface area contributed by atoms with Crippen LogP contribution in [0, 0.1) is 11.3 Å². The zero-order valence-corrected chi connectivity index (χ0v) is 12.9. The van der Waals surface area contributed by atoms with Gasteiger partial charge in [0.05, 0.1) is 6.04 Å². The number of nitrogens with zero attached hydrogens (tertiary/aromatic N) is 2. The van der Waals surface area contributed by atoms with Crippen molar-refractivity contribution in [3.63, 3.8) is 0 Å². The van der Waals surface area contributed by atoms with Crippen LogP contribution in [0.3, 0.4) is 0 Å². The van der Waals surface area contributed by atoms with Gasteiger partial charge < -0.3 is 15.5 Å². The summed E-state index contributed by atoms with van der Waals surface area (Å²) in [5, 5.41) is 0. The highest BCUT2D eigenvalue weighted by atomic mass is 16.2. The largest absolute Gasteiger partial charge is 0.341 e. The van der Waals surface area contributed by atoms with Crippen LogP contribution in [0.1, 0.15) is 40.0 Å². The summed E-state index contributed by atoms with van der Waals surface area (Å²) < 4.78 is 0. The van der Waals surface area contributed by atoms with Crippen LogP contribution in [0.5, 0.6) is 0 Å². The van der Waals surface area contributed by atoms with Crippen LogP contribution in [0.15, 0.2) is 0 Å². The van der Waals surface area contributed by atoms with E-state index in [0.717, 1.165) is 19.5 Å². The van der Waals surface area contributed by atoms with E-state index in [2.05, 4.69) is 11.9 Å². The number of carbonyl (C=O) groups is 1. The molecule has 2 aliphatic heterocycles. The van der Waals surface area contributed by atoms with Gasteiger partial charge in [0.1, 0.15) is 0 Å². The van der Waals surface area contributed by atoms with Gasteiger partial charge in [0.25, 0.3) is 0 Å². The molecule has 0 aromatic carbocycles. The Morgan fingerprint density at radius 2 is 1.95 bits per heavy atom. The lowest BCUT2D eigenvalue weighted by Gasteiger charge is -2.47. The molecule has 2 heterocycles. The predicted octanol–water partition coefficient (Wildman–Crippen LogP) is 1.30. The van der Waals surface area contributed by atoms with Gasteiger partial charge in [0.2, 0.25) is 5.91 Å². The van der Waals surface area contributed by atoms with Crippen LogP contribution in [0.2, 0.25) is 0 Å². The molecule has 4 nitrogen and oxygen atoms in total. The summed E-state index contributed by atoms with van der Waals surface area (Å²) in [7, 11) is 2.22. The molecule has 1 amide bonds. The number of hydrogen-bond donors (Lipinski definition) is 1. The smallest absolute Gasteiger partial charge is 0.240 e. The van der Waals surface area contributed by atoms with Crippen molar-refractivity contribution in [3.8, 4) is 0 Å². The zero-order valence-electron chi connectivity index (χ0n) is 12.9. The topological polar surface area (TPSA) is 49.6 Å². The Kier molecular flexibility index (Phi) is 4.21. The number of piperidine rings is 2. The van der Waals surface area contributed by atoms with Gasteiger partial charge >= 0.3 is 0 Å². The fourth-order valence-electron chi connectivity index (χ4n) is 3.42. The van der Waals surface area contributed by atoms with E-state index >= 15 is 0 Å². The third-order valence-corrected chi connectivity index (χ3v) is 4.86. The van der Waals surface area contributed by atoms with Crippen molar-refractivity contribution in [1.29, 1.82) is 0 Å². The molecule has 2 rings (SSSR count). The molecule has 3 unspecified atom stereocenters. The summed E-state index contributed by atoms with van der Waals surface area (Å²) >= 11 is 0. The molecule has 2 N–H and O–H groups in total. The van der Waals surface area contributed by atoms with Crippen molar-refractivity contribution in [3.05, 3.63) is 0 Å². The number of carbonyl (C=O) groups excluding carboxylic acids is 1. The van der Waals surface area contributed by atoms with Crippen molar-refractivity contribution in [2.24, 2.45) is 17.1 Å². The molecule has 0 aromatic heterocycles. The highest BCUT2D eigenvalue weighted by Crippen LogP contribution is 2.30. The van der Waals surface area contributed by atoms with Gasteiger partial charge in [-0.25, -0.2) is 0 Å². The first-order chi connectivity index (χ1) is 8.80. The van der Waals surface area contributed by atoms with Gasteiger partial charge in [-0.2, -0.15) is 0 Å². The molecule has 110 valence electrons. The monoisotopic (exact) mass is 267 g/mol. The lowest BCUT2D eigenvalue weighted by Crippen LogP contribution is -2.58. The van der Waals surface area contributed by atoms with Crippen molar-refractivity contribution < 1.29 is 4.79 Å². The molecule has 19 heavy (non-hydrogen) atoms. The van der Waals surface area contributed by atoms with E-state index in [9.17, 15) is 4.79 Å². The van der Waals surface area contributed by atoms with Crippen LogP contribution >= 0.6 is 0 Å². The molecule has 4 heteroatoms. The summed E-state index contributed by atoms with van der Waals surface area (Å²) in [5.74, 6) is 0.780. The summed E-state index contributed by atoms with van der Waals surface area (Å²) in [6.45, 7) is 9.09. The predicted molar refractivity (Wildman–Crippen MR) is 77.8 cm³/mol. The summed E-state index contributed by atoms with van der Waals surface area (Å²) in [6, 6.07) is 0.286. The second-order valence-corrected chi connectivity index (χ2v) is 7.37. The van der Waals surface area contributed by atoms with Crippen molar-refractivity contribution in [2.75, 3.05) is 26.7 Å². The first-order valence-electron chi connectivity index (χ1n) is 7.55. The molecule has 0 saturated carbocycles. The number of hydrogen-bond acceptors (Lipinski definition) is 3. The number of nitrogens with two attached hydrogens (primary N) is 1. The number of rotatable bonds is 1. The van der Waals surface area contributed by atoms with E-state index in [4.69, 9.17) is 5.73 Å². The molecule has 0 bridgehead atoms. The van der Waals surface area contributed by atoms with Crippen LogP contribution < -0.4 is 5.73 Å². The second-order valence-electron chi connectivity index (χ2n) is 7.37. The number of fused-ring (bicyclic) bond motifs is 1. The summed E-state index contributed by atoms with van der Waals surface area (Å²) in [6.07, 6.45) is 3.61. The average Bonchev–Trinajstić information content (AvgIpc) is 2.36. The van der Waals surface area contributed by atoms with E-state index in [0.29, 0.717) is 12.0 Å². The first kappa shape index (κ1) is 14.8. The Hall–Kier alpha value is -0.610. The van der Waals surface area contributed by atoms with Gasteiger partial charge in [-0.1, -0.05) is 20.8 Å². The van der Waals surface area contributed by atoms with Crippen molar-refractivity contribution in [2.45, 2.75) is 52.1 Å². The molecule has 2 aliphatic rings. The van der Waals surface area contributed by atoms with E-state index < -0.39 is 0 Å². The maximum Gasteiger partial charge on any atom is 0.240 e. The van der Waals surface area contributed by atoms with Crippen molar-refractivity contribution >= 4 is 5.91 Å². The second kappa shape index (κ2) is 5.41. The minimum Gasteiger partial charge on any atom is -0.341 e. The molecule has 0 aliphatic carbocycles. The highest BCUT2D eigenvalue weighted by molar-refractivity contribution is 5.82. The molecule has 2 saturated heterocycles.